The first kappa shape index (κ1) is 20.2. The van der Waals surface area contributed by atoms with Gasteiger partial charge in [0.15, 0.2) is 10.8 Å². The normalized spacial score (nSPS) is 14.9. The summed E-state index contributed by atoms with van der Waals surface area (Å²) < 4.78 is 70.2. The van der Waals surface area contributed by atoms with Gasteiger partial charge in [-0.2, -0.15) is 18.3 Å². The summed E-state index contributed by atoms with van der Waals surface area (Å²) in [6, 6.07) is -1.14. The van der Waals surface area contributed by atoms with Gasteiger partial charge in [-0.1, -0.05) is 0 Å². The van der Waals surface area contributed by atoms with Crippen molar-refractivity contribution in [2.75, 3.05) is 5.32 Å². The number of urea groups is 1. The van der Waals surface area contributed by atoms with E-state index in [2.05, 4.69) is 19.8 Å². The summed E-state index contributed by atoms with van der Waals surface area (Å²) in [7, 11) is -2.84. The number of anilines is 1. The van der Waals surface area contributed by atoms with E-state index >= 15 is 0 Å². The predicted octanol–water partition coefficient (Wildman–Crippen LogP) is 3.51. The average molecular weight is 419 g/mol. The van der Waals surface area contributed by atoms with Gasteiger partial charge in [-0.05, 0) is 38.7 Å². The number of nitrogens with one attached hydrogen (secondary N) is 1. The van der Waals surface area contributed by atoms with E-state index in [1.807, 2.05) is 0 Å². The fourth-order valence-corrected chi connectivity index (χ4v) is 3.81. The molecule has 0 fully saturated rings. The van der Waals surface area contributed by atoms with Gasteiger partial charge < -0.3 is 5.32 Å². The summed E-state index contributed by atoms with van der Waals surface area (Å²) in [6.45, 7) is 3.22. The summed E-state index contributed by atoms with van der Waals surface area (Å²) in [5.41, 5.74) is -0.587. The highest BCUT2D eigenvalue weighted by atomic mass is 32.2. The molecule has 1 atom stereocenters. The van der Waals surface area contributed by atoms with Crippen molar-refractivity contribution >= 4 is 22.3 Å². The summed E-state index contributed by atoms with van der Waals surface area (Å²) >= 11 is 0. The minimum absolute atomic E-state index is 0.0356. The number of hydrogen-bond acceptors (Lipinski definition) is 4. The van der Waals surface area contributed by atoms with E-state index in [-0.39, 0.29) is 16.9 Å². The lowest BCUT2D eigenvalue weighted by Crippen LogP contribution is -2.17. The Bertz CT molecular complexity index is 1030. The van der Waals surface area contributed by atoms with Crippen LogP contribution in [0.15, 0.2) is 15.6 Å². The van der Waals surface area contributed by atoms with Crippen LogP contribution < -0.4 is 5.32 Å². The van der Waals surface area contributed by atoms with Crippen LogP contribution in [-0.4, -0.2) is 25.0 Å². The van der Waals surface area contributed by atoms with Crippen molar-refractivity contribution in [3.8, 4) is 0 Å². The van der Waals surface area contributed by atoms with Crippen molar-refractivity contribution in [1.82, 2.24) is 14.8 Å². The van der Waals surface area contributed by atoms with Crippen LogP contribution in [0.1, 0.15) is 35.9 Å². The van der Waals surface area contributed by atoms with Crippen molar-refractivity contribution < 1.29 is 26.6 Å². The highest BCUT2D eigenvalue weighted by Crippen LogP contribution is 2.38. The van der Waals surface area contributed by atoms with Gasteiger partial charge in [0, 0.05) is 17.8 Å². The molecule has 1 aliphatic rings. The monoisotopic (exact) mass is 419 g/mol. The highest BCUT2D eigenvalue weighted by molar-refractivity contribution is 7.75. The molecule has 0 aromatic carbocycles. The number of nitrogens with zero attached hydrogens (tertiary/aromatic N) is 4. The molecule has 0 saturated heterocycles. The standard InChI is InChI=1S/C16H17F4N5O2S/c1-3-25-7-10(17)14(23-25)28(27)24-15(26)22-12-8(2)13(16(18,19)20)21-11-6-4-5-9(11)12/h7,28H,3-6H2,1-2H3,(H,21,22,26). The first-order chi connectivity index (χ1) is 13.1. The average Bonchev–Trinajstić information content (AvgIpc) is 3.22. The molecule has 2 amide bonds. The summed E-state index contributed by atoms with van der Waals surface area (Å²) in [5, 5.41) is 5.53. The van der Waals surface area contributed by atoms with E-state index in [0.717, 1.165) is 6.20 Å². The van der Waals surface area contributed by atoms with Gasteiger partial charge in [0.2, 0.25) is 0 Å². The minimum atomic E-state index is -4.68. The number of aryl methyl sites for hydroxylation is 2. The largest absolute Gasteiger partial charge is 0.433 e. The Kier molecular flexibility index (Phi) is 5.41. The van der Waals surface area contributed by atoms with E-state index in [9.17, 15) is 26.6 Å². The highest BCUT2D eigenvalue weighted by Gasteiger charge is 2.37. The van der Waals surface area contributed by atoms with Crippen LogP contribution in [0.5, 0.6) is 0 Å². The maximum absolute atomic E-state index is 13.8. The number of halogens is 4. The maximum Gasteiger partial charge on any atom is 0.433 e. The molecular formula is C16H17F4N5O2S. The lowest BCUT2D eigenvalue weighted by atomic mass is 10.1. The zero-order valence-electron chi connectivity index (χ0n) is 15.0. The number of carbonyl (C=O) groups excluding carboxylic acids is 1. The second kappa shape index (κ2) is 7.49. The quantitative estimate of drug-likeness (QED) is 0.589. The molecule has 1 unspecified atom stereocenters. The Balaban J connectivity index is 1.95. The molecule has 152 valence electrons. The molecule has 0 radical (unpaired) electrons. The van der Waals surface area contributed by atoms with Gasteiger partial charge in [-0.25, -0.2) is 18.4 Å². The molecule has 2 aromatic heterocycles. The number of fused-ring (bicyclic) bond motifs is 1. The van der Waals surface area contributed by atoms with Crippen LogP contribution in [0.3, 0.4) is 0 Å². The van der Waals surface area contributed by atoms with Gasteiger partial charge >= 0.3 is 12.2 Å². The molecule has 2 aromatic rings. The fraction of sp³-hybridized carbons (Fsp3) is 0.438. The SMILES string of the molecule is CCn1cc(F)c(/[SH](=O)=N/C(=O)Nc2c(C)c(C(F)(F)F)nc3c2CCC3)n1. The van der Waals surface area contributed by atoms with Crippen molar-refractivity contribution in [2.24, 2.45) is 4.36 Å². The zero-order chi connectivity index (χ0) is 20.6. The van der Waals surface area contributed by atoms with E-state index in [1.165, 1.54) is 11.6 Å². The topological polar surface area (TPSA) is 89.2 Å². The van der Waals surface area contributed by atoms with Crippen molar-refractivity contribution in [3.63, 3.8) is 0 Å². The number of carbonyl (C=O) groups is 1. The Labute approximate surface area is 159 Å². The van der Waals surface area contributed by atoms with Crippen molar-refractivity contribution in [1.29, 1.82) is 0 Å². The van der Waals surface area contributed by atoms with Crippen LogP contribution in [-0.2, 0) is 36.2 Å². The number of alkyl halides is 3. The second-order valence-electron chi connectivity index (χ2n) is 6.20. The number of aromatic nitrogens is 3. The third kappa shape index (κ3) is 3.86. The molecular weight excluding hydrogens is 402 g/mol. The Hall–Kier alpha value is -2.50. The molecule has 1 aliphatic carbocycles. The van der Waals surface area contributed by atoms with E-state index in [1.54, 1.807) is 6.92 Å². The summed E-state index contributed by atoms with van der Waals surface area (Å²) in [4.78, 5) is 15.9. The lowest BCUT2D eigenvalue weighted by Gasteiger charge is -2.17. The third-order valence-electron chi connectivity index (χ3n) is 4.35. The van der Waals surface area contributed by atoms with Crippen LogP contribution in [0.2, 0.25) is 0 Å². The van der Waals surface area contributed by atoms with Gasteiger partial charge in [0.05, 0.1) is 22.5 Å². The predicted molar refractivity (Wildman–Crippen MR) is 93.1 cm³/mol. The summed E-state index contributed by atoms with van der Waals surface area (Å²) in [6.07, 6.45) is -2.23. The smallest absolute Gasteiger partial charge is 0.305 e. The maximum atomic E-state index is 13.8. The Morgan fingerprint density at radius 1 is 1.39 bits per heavy atom. The number of amides is 2. The molecule has 12 heteroatoms. The van der Waals surface area contributed by atoms with Gasteiger partial charge in [-0.3, -0.25) is 4.68 Å². The van der Waals surface area contributed by atoms with Crippen molar-refractivity contribution in [2.45, 2.75) is 50.9 Å². The Morgan fingerprint density at radius 2 is 2.11 bits per heavy atom. The molecule has 0 aliphatic heterocycles. The number of thiol groups is 1. The number of hydrogen-bond donors (Lipinski definition) is 2. The van der Waals surface area contributed by atoms with Crippen molar-refractivity contribution in [3.05, 3.63) is 34.5 Å². The first-order valence-corrected chi connectivity index (χ1v) is 9.65. The van der Waals surface area contributed by atoms with E-state index in [0.29, 0.717) is 31.4 Å². The van der Waals surface area contributed by atoms with Crippen LogP contribution in [0.25, 0.3) is 0 Å². The number of pyridine rings is 1. The zero-order valence-corrected chi connectivity index (χ0v) is 15.9. The van der Waals surface area contributed by atoms with E-state index in [4.69, 9.17) is 0 Å². The molecule has 1 N–H and O–H groups in total. The molecule has 2 heterocycles. The fourth-order valence-electron chi connectivity index (χ4n) is 3.07. The van der Waals surface area contributed by atoms with Gasteiger partial charge in [0.25, 0.3) is 0 Å². The van der Waals surface area contributed by atoms with Gasteiger partial charge in [0.1, 0.15) is 5.69 Å². The van der Waals surface area contributed by atoms with E-state index < -0.39 is 39.3 Å². The lowest BCUT2D eigenvalue weighted by molar-refractivity contribution is -0.141. The first-order valence-electron chi connectivity index (χ1n) is 8.44. The van der Waals surface area contributed by atoms with Crippen LogP contribution in [0.4, 0.5) is 28.0 Å². The molecule has 0 bridgehead atoms. The minimum Gasteiger partial charge on any atom is -0.305 e. The third-order valence-corrected chi connectivity index (χ3v) is 5.38. The molecule has 0 saturated carbocycles. The Morgan fingerprint density at radius 3 is 2.71 bits per heavy atom. The number of rotatable bonds is 3. The molecule has 3 rings (SSSR count). The molecule has 28 heavy (non-hydrogen) atoms. The summed E-state index contributed by atoms with van der Waals surface area (Å²) in [5.74, 6) is -0.875. The second-order valence-corrected chi connectivity index (χ2v) is 7.37. The van der Waals surface area contributed by atoms with Crippen LogP contribution >= 0.6 is 0 Å². The molecule has 7 nitrogen and oxygen atoms in total. The van der Waals surface area contributed by atoms with Gasteiger partial charge in [-0.15, -0.1) is 4.36 Å². The van der Waals surface area contributed by atoms with Crippen LogP contribution in [0, 0.1) is 12.7 Å². The molecule has 0 spiro atoms.